The predicted molar refractivity (Wildman–Crippen MR) is 86.4 cm³/mol. The van der Waals surface area contributed by atoms with E-state index in [-0.39, 0.29) is 10.9 Å². The van der Waals surface area contributed by atoms with Gasteiger partial charge in [-0.15, -0.1) is 11.3 Å². The topological polar surface area (TPSA) is 75.4 Å². The second kappa shape index (κ2) is 6.57. The molecule has 0 saturated heterocycles. The van der Waals surface area contributed by atoms with E-state index in [2.05, 4.69) is 5.43 Å². The molecule has 5 nitrogen and oxygen atoms in total. The highest BCUT2D eigenvalue weighted by molar-refractivity contribution is 7.89. The van der Waals surface area contributed by atoms with E-state index in [9.17, 15) is 8.42 Å². The minimum absolute atomic E-state index is 0.121. The van der Waals surface area contributed by atoms with Crippen molar-refractivity contribution in [1.29, 1.82) is 0 Å². The maximum atomic E-state index is 12.8. The Morgan fingerprint density at radius 3 is 2.38 bits per heavy atom. The largest absolute Gasteiger partial charge is 0.324 e. The van der Waals surface area contributed by atoms with Crippen molar-refractivity contribution in [1.82, 2.24) is 4.31 Å². The highest BCUT2D eigenvalue weighted by Crippen LogP contribution is 2.23. The molecule has 1 aromatic heterocycles. The Labute approximate surface area is 129 Å². The number of nitrogens with zero attached hydrogens (tertiary/aromatic N) is 1. The molecule has 0 unspecified atom stereocenters. The van der Waals surface area contributed by atoms with Crippen LogP contribution >= 0.6 is 11.3 Å². The summed E-state index contributed by atoms with van der Waals surface area (Å²) >= 11 is 1.55. The zero-order valence-corrected chi connectivity index (χ0v) is 13.6. The number of anilines is 1. The number of hydrazine groups is 1. The van der Waals surface area contributed by atoms with Crippen molar-refractivity contribution in [3.05, 3.63) is 46.7 Å². The van der Waals surface area contributed by atoms with Crippen LogP contribution < -0.4 is 11.3 Å². The number of hydrogen-bond acceptors (Lipinski definition) is 5. The maximum Gasteiger partial charge on any atom is 0.243 e. The first kappa shape index (κ1) is 16.0. The van der Waals surface area contributed by atoms with Crippen molar-refractivity contribution in [2.45, 2.75) is 31.3 Å². The van der Waals surface area contributed by atoms with Crippen LogP contribution in [0.15, 0.2) is 46.7 Å². The van der Waals surface area contributed by atoms with E-state index in [0.717, 1.165) is 4.88 Å². The van der Waals surface area contributed by atoms with Crippen molar-refractivity contribution < 1.29 is 8.42 Å². The van der Waals surface area contributed by atoms with E-state index in [0.29, 0.717) is 12.2 Å². The van der Waals surface area contributed by atoms with Crippen LogP contribution in [0.2, 0.25) is 0 Å². The van der Waals surface area contributed by atoms with Gasteiger partial charge in [-0.2, -0.15) is 4.31 Å². The minimum atomic E-state index is -3.53. The first-order valence-corrected chi connectivity index (χ1v) is 8.88. The van der Waals surface area contributed by atoms with Crippen LogP contribution in [0.3, 0.4) is 0 Å². The van der Waals surface area contributed by atoms with Crippen molar-refractivity contribution in [2.75, 3.05) is 5.43 Å². The molecule has 0 saturated carbocycles. The van der Waals surface area contributed by atoms with Crippen molar-refractivity contribution in [3.8, 4) is 0 Å². The molecule has 0 bridgehead atoms. The summed E-state index contributed by atoms with van der Waals surface area (Å²) in [6.07, 6.45) is 0. The number of nitrogens with two attached hydrogens (primary N) is 1. The monoisotopic (exact) mass is 325 g/mol. The lowest BCUT2D eigenvalue weighted by atomic mass is 10.3. The van der Waals surface area contributed by atoms with Gasteiger partial charge in [-0.25, -0.2) is 8.42 Å². The molecule has 0 atom stereocenters. The van der Waals surface area contributed by atoms with Gasteiger partial charge in [0.15, 0.2) is 0 Å². The molecule has 0 fully saturated rings. The van der Waals surface area contributed by atoms with Crippen LogP contribution in [0.1, 0.15) is 18.7 Å². The molecule has 0 aliphatic carbocycles. The maximum absolute atomic E-state index is 12.8. The number of benzene rings is 1. The molecule has 1 aromatic carbocycles. The van der Waals surface area contributed by atoms with Gasteiger partial charge in [0.25, 0.3) is 0 Å². The van der Waals surface area contributed by atoms with Crippen LogP contribution in [-0.4, -0.2) is 18.8 Å². The normalized spacial score (nSPS) is 12.0. The van der Waals surface area contributed by atoms with Gasteiger partial charge in [-0.05, 0) is 49.6 Å². The molecule has 0 amide bonds. The third-order valence-electron chi connectivity index (χ3n) is 3.10. The van der Waals surface area contributed by atoms with E-state index in [4.69, 9.17) is 5.84 Å². The SMILES string of the molecule is CC(C)N(Cc1cccs1)S(=O)(=O)c1ccc(NN)cc1. The summed E-state index contributed by atoms with van der Waals surface area (Å²) in [7, 11) is -3.53. The van der Waals surface area contributed by atoms with Crippen LogP contribution in [-0.2, 0) is 16.6 Å². The molecule has 1 heterocycles. The molecule has 0 spiro atoms. The summed E-state index contributed by atoms with van der Waals surface area (Å²) in [4.78, 5) is 1.29. The van der Waals surface area contributed by atoms with E-state index in [1.165, 1.54) is 4.31 Å². The van der Waals surface area contributed by atoms with Crippen molar-refractivity contribution in [3.63, 3.8) is 0 Å². The molecule has 114 valence electrons. The molecular weight excluding hydrogens is 306 g/mol. The van der Waals surface area contributed by atoms with Gasteiger partial charge in [0.1, 0.15) is 0 Å². The average molecular weight is 325 g/mol. The number of nitrogens with one attached hydrogen (secondary N) is 1. The molecule has 21 heavy (non-hydrogen) atoms. The standard InChI is InChI=1S/C14H19N3O2S2/c1-11(2)17(10-13-4-3-9-20-13)21(18,19)14-7-5-12(16-15)6-8-14/h3-9,11,16H,10,15H2,1-2H3. The molecular formula is C14H19N3O2S2. The number of sulfonamides is 1. The molecule has 0 aliphatic rings. The fraction of sp³-hybridized carbons (Fsp3) is 0.286. The summed E-state index contributed by atoms with van der Waals surface area (Å²) in [5.41, 5.74) is 3.16. The Morgan fingerprint density at radius 1 is 1.24 bits per heavy atom. The average Bonchev–Trinajstić information content (AvgIpc) is 2.97. The Bertz CT molecular complexity index is 665. The minimum Gasteiger partial charge on any atom is -0.324 e. The Balaban J connectivity index is 2.32. The quantitative estimate of drug-likeness (QED) is 0.632. The number of thiophene rings is 1. The first-order chi connectivity index (χ1) is 9.95. The second-order valence-corrected chi connectivity index (χ2v) is 7.81. The van der Waals surface area contributed by atoms with Crippen LogP contribution in [0.25, 0.3) is 0 Å². The van der Waals surface area contributed by atoms with Gasteiger partial charge in [0.05, 0.1) is 4.90 Å². The number of rotatable bonds is 6. The Morgan fingerprint density at radius 2 is 1.90 bits per heavy atom. The fourth-order valence-electron chi connectivity index (χ4n) is 1.96. The van der Waals surface area contributed by atoms with Gasteiger partial charge in [0.2, 0.25) is 10.0 Å². The third kappa shape index (κ3) is 3.62. The first-order valence-electron chi connectivity index (χ1n) is 6.56. The highest BCUT2D eigenvalue weighted by Gasteiger charge is 2.27. The highest BCUT2D eigenvalue weighted by atomic mass is 32.2. The second-order valence-electron chi connectivity index (χ2n) is 4.89. The van der Waals surface area contributed by atoms with E-state index in [1.54, 1.807) is 35.6 Å². The summed E-state index contributed by atoms with van der Waals surface area (Å²) in [6, 6.07) is 10.2. The smallest absolute Gasteiger partial charge is 0.243 e. The zero-order chi connectivity index (χ0) is 15.5. The summed E-state index contributed by atoms with van der Waals surface area (Å²) in [5, 5.41) is 1.95. The molecule has 0 radical (unpaired) electrons. The van der Waals surface area contributed by atoms with Crippen LogP contribution in [0, 0.1) is 0 Å². The van der Waals surface area contributed by atoms with Crippen LogP contribution in [0.4, 0.5) is 5.69 Å². The van der Waals surface area contributed by atoms with E-state index >= 15 is 0 Å². The van der Waals surface area contributed by atoms with Gasteiger partial charge in [-0.1, -0.05) is 6.07 Å². The predicted octanol–water partition coefficient (Wildman–Crippen LogP) is 2.63. The summed E-state index contributed by atoms with van der Waals surface area (Å²) < 4.78 is 27.1. The molecule has 3 N–H and O–H groups in total. The van der Waals surface area contributed by atoms with Gasteiger partial charge in [0, 0.05) is 23.2 Å². The lowest BCUT2D eigenvalue weighted by Gasteiger charge is -2.25. The summed E-state index contributed by atoms with van der Waals surface area (Å²) in [6.45, 7) is 4.14. The van der Waals surface area contributed by atoms with E-state index in [1.807, 2.05) is 31.4 Å². The van der Waals surface area contributed by atoms with Crippen molar-refractivity contribution in [2.24, 2.45) is 5.84 Å². The lowest BCUT2D eigenvalue weighted by molar-refractivity contribution is 0.350. The van der Waals surface area contributed by atoms with Crippen molar-refractivity contribution >= 4 is 27.0 Å². The van der Waals surface area contributed by atoms with Gasteiger partial charge < -0.3 is 5.43 Å². The van der Waals surface area contributed by atoms with Crippen LogP contribution in [0.5, 0.6) is 0 Å². The van der Waals surface area contributed by atoms with Gasteiger partial charge >= 0.3 is 0 Å². The molecule has 0 aliphatic heterocycles. The summed E-state index contributed by atoms with van der Waals surface area (Å²) in [5.74, 6) is 5.30. The fourth-order valence-corrected chi connectivity index (χ4v) is 4.36. The van der Waals surface area contributed by atoms with E-state index < -0.39 is 10.0 Å². The Kier molecular flexibility index (Phi) is 5.00. The van der Waals surface area contributed by atoms with Gasteiger partial charge in [-0.3, -0.25) is 5.84 Å². The Hall–Kier alpha value is -1.41. The molecule has 2 rings (SSSR count). The number of nitrogen functional groups attached to an aromatic ring is 1. The number of hydrogen-bond donors (Lipinski definition) is 2. The molecule has 7 heteroatoms. The lowest BCUT2D eigenvalue weighted by Crippen LogP contribution is -2.36. The zero-order valence-electron chi connectivity index (χ0n) is 12.0. The molecule has 2 aromatic rings. The third-order valence-corrected chi connectivity index (χ3v) is 5.99.